The van der Waals surface area contributed by atoms with Crippen molar-refractivity contribution in [2.75, 3.05) is 33.0 Å². The Kier molecular flexibility index (Phi) is 10.4. The molecule has 0 heterocycles. The minimum absolute atomic E-state index is 0.167. The summed E-state index contributed by atoms with van der Waals surface area (Å²) in [5, 5.41) is 0. The lowest BCUT2D eigenvalue weighted by atomic mass is 10.1. The molecule has 0 bridgehead atoms. The number of hydrogen-bond acceptors (Lipinski definition) is 6. The zero-order valence-corrected chi connectivity index (χ0v) is 14.7. The van der Waals surface area contributed by atoms with Crippen LogP contribution in [-0.4, -0.2) is 45.0 Å². The number of carbonyl (C=O) groups excluding carboxylic acids is 2. The second-order valence-electron chi connectivity index (χ2n) is 5.08. The number of hydrogen-bond donors (Lipinski definition) is 0. The summed E-state index contributed by atoms with van der Waals surface area (Å²) in [5.41, 5.74) is 0.516. The van der Waals surface area contributed by atoms with Crippen molar-refractivity contribution in [1.29, 1.82) is 0 Å². The van der Waals surface area contributed by atoms with Crippen molar-refractivity contribution in [3.05, 3.63) is 35.6 Å². The van der Waals surface area contributed by atoms with Crippen molar-refractivity contribution in [2.45, 2.75) is 32.8 Å². The summed E-state index contributed by atoms with van der Waals surface area (Å²) in [4.78, 5) is 23.2. The van der Waals surface area contributed by atoms with Gasteiger partial charge in [0, 0.05) is 13.0 Å². The first-order chi connectivity index (χ1) is 12.1. The highest BCUT2D eigenvalue weighted by Gasteiger charge is 2.22. The van der Waals surface area contributed by atoms with Crippen LogP contribution in [0.4, 0.5) is 4.39 Å². The second kappa shape index (κ2) is 12.4. The van der Waals surface area contributed by atoms with Gasteiger partial charge in [0.15, 0.2) is 6.10 Å². The lowest BCUT2D eigenvalue weighted by molar-refractivity contribution is -0.158. The van der Waals surface area contributed by atoms with E-state index >= 15 is 0 Å². The maximum absolute atomic E-state index is 13.0. The summed E-state index contributed by atoms with van der Waals surface area (Å²) in [5.74, 6) is -1.17. The van der Waals surface area contributed by atoms with Gasteiger partial charge in [0.25, 0.3) is 0 Å². The molecule has 0 aliphatic carbocycles. The van der Waals surface area contributed by atoms with Gasteiger partial charge >= 0.3 is 11.9 Å². The molecule has 1 rings (SSSR count). The third-order valence-electron chi connectivity index (χ3n) is 3.16. The summed E-state index contributed by atoms with van der Waals surface area (Å²) in [6.07, 6.45) is -0.0722. The van der Waals surface area contributed by atoms with Crippen LogP contribution in [0, 0.1) is 5.82 Å². The van der Waals surface area contributed by atoms with Gasteiger partial charge in [-0.2, -0.15) is 0 Å². The van der Waals surface area contributed by atoms with Crippen LogP contribution in [0.25, 0.3) is 0 Å². The monoisotopic (exact) mass is 356 g/mol. The average Bonchev–Trinajstić information content (AvgIpc) is 2.59. The fraction of sp³-hybridized carbons (Fsp3) is 0.556. The lowest BCUT2D eigenvalue weighted by Gasteiger charge is -2.17. The number of benzene rings is 1. The minimum atomic E-state index is -0.927. The topological polar surface area (TPSA) is 71.1 Å². The third kappa shape index (κ3) is 8.60. The molecule has 0 saturated heterocycles. The van der Waals surface area contributed by atoms with E-state index in [1.54, 1.807) is 13.8 Å². The molecule has 0 aliphatic heterocycles. The Morgan fingerprint density at radius 1 is 1.00 bits per heavy atom. The van der Waals surface area contributed by atoms with Crippen molar-refractivity contribution in [3.63, 3.8) is 0 Å². The molecule has 0 N–H and O–H groups in total. The highest BCUT2D eigenvalue weighted by molar-refractivity contribution is 5.76. The van der Waals surface area contributed by atoms with Crippen molar-refractivity contribution >= 4 is 11.9 Å². The average molecular weight is 356 g/mol. The van der Waals surface area contributed by atoms with Crippen molar-refractivity contribution in [2.24, 2.45) is 0 Å². The molecule has 0 radical (unpaired) electrons. The molecule has 25 heavy (non-hydrogen) atoms. The van der Waals surface area contributed by atoms with Crippen molar-refractivity contribution < 1.29 is 32.9 Å². The van der Waals surface area contributed by atoms with Gasteiger partial charge in [-0.05, 0) is 38.0 Å². The molecule has 0 aliphatic rings. The van der Waals surface area contributed by atoms with Crippen LogP contribution in [0.1, 0.15) is 38.4 Å². The summed E-state index contributed by atoms with van der Waals surface area (Å²) in [7, 11) is 0. The predicted molar refractivity (Wildman–Crippen MR) is 88.4 cm³/mol. The van der Waals surface area contributed by atoms with Crippen LogP contribution in [0.2, 0.25) is 0 Å². The summed E-state index contributed by atoms with van der Waals surface area (Å²) < 4.78 is 33.7. The van der Waals surface area contributed by atoms with Crippen LogP contribution < -0.4 is 0 Å². The Morgan fingerprint density at radius 2 is 1.68 bits per heavy atom. The van der Waals surface area contributed by atoms with Gasteiger partial charge < -0.3 is 18.9 Å². The first-order valence-corrected chi connectivity index (χ1v) is 8.35. The van der Waals surface area contributed by atoms with E-state index in [0.29, 0.717) is 31.6 Å². The van der Waals surface area contributed by atoms with E-state index in [1.165, 1.54) is 24.3 Å². The highest BCUT2D eigenvalue weighted by atomic mass is 19.1. The Labute approximate surface area is 147 Å². The first-order valence-electron chi connectivity index (χ1n) is 8.35. The SMILES string of the molecule is CCOC(=O)CCCOCCOC(C(=O)OCC)c1ccc(F)cc1. The van der Waals surface area contributed by atoms with Gasteiger partial charge in [-0.25, -0.2) is 9.18 Å². The van der Waals surface area contributed by atoms with E-state index in [9.17, 15) is 14.0 Å². The number of carbonyl (C=O) groups is 2. The molecular weight excluding hydrogens is 331 g/mol. The van der Waals surface area contributed by atoms with Gasteiger partial charge in [0.05, 0.1) is 26.4 Å². The molecule has 0 aromatic heterocycles. The maximum atomic E-state index is 13.0. The quantitative estimate of drug-likeness (QED) is 0.424. The maximum Gasteiger partial charge on any atom is 0.339 e. The fourth-order valence-electron chi connectivity index (χ4n) is 2.03. The zero-order chi connectivity index (χ0) is 18.5. The fourth-order valence-corrected chi connectivity index (χ4v) is 2.03. The van der Waals surface area contributed by atoms with Crippen LogP contribution in [0.15, 0.2) is 24.3 Å². The zero-order valence-electron chi connectivity index (χ0n) is 14.7. The van der Waals surface area contributed by atoms with Crippen LogP contribution in [0.3, 0.4) is 0 Å². The molecule has 1 aromatic rings. The Balaban J connectivity index is 2.35. The standard InChI is InChI=1S/C18H25FO6/c1-3-23-16(20)6-5-11-22-12-13-25-17(18(21)24-4-2)14-7-9-15(19)10-8-14/h7-10,17H,3-6,11-13H2,1-2H3. The molecule has 0 saturated carbocycles. The first kappa shape index (κ1) is 21.1. The van der Waals surface area contributed by atoms with Crippen LogP contribution in [0.5, 0.6) is 0 Å². The van der Waals surface area contributed by atoms with Gasteiger partial charge in [-0.15, -0.1) is 0 Å². The largest absolute Gasteiger partial charge is 0.466 e. The van der Waals surface area contributed by atoms with E-state index in [2.05, 4.69) is 0 Å². The summed E-state index contributed by atoms with van der Waals surface area (Å²) >= 11 is 0. The predicted octanol–water partition coefficient (Wildman–Crippen LogP) is 2.81. The molecule has 1 unspecified atom stereocenters. The molecule has 7 heteroatoms. The Hall–Kier alpha value is -1.99. The summed E-state index contributed by atoms with van der Waals surface area (Å²) in [6, 6.07) is 5.49. The van der Waals surface area contributed by atoms with Gasteiger partial charge in [0.2, 0.25) is 0 Å². The molecule has 140 valence electrons. The third-order valence-corrected chi connectivity index (χ3v) is 3.16. The molecule has 0 amide bonds. The lowest BCUT2D eigenvalue weighted by Crippen LogP contribution is -2.21. The van der Waals surface area contributed by atoms with E-state index in [4.69, 9.17) is 18.9 Å². The van der Waals surface area contributed by atoms with E-state index in [0.717, 1.165) is 0 Å². The normalized spacial score (nSPS) is 11.8. The molecule has 0 spiro atoms. The molecular formula is C18H25FO6. The Bertz CT molecular complexity index is 517. The number of rotatable bonds is 12. The Morgan fingerprint density at radius 3 is 2.32 bits per heavy atom. The minimum Gasteiger partial charge on any atom is -0.466 e. The van der Waals surface area contributed by atoms with Crippen LogP contribution >= 0.6 is 0 Å². The summed E-state index contributed by atoms with van der Waals surface area (Å²) in [6.45, 7) is 4.87. The number of esters is 2. The molecule has 0 fully saturated rings. The van der Waals surface area contributed by atoms with Crippen LogP contribution in [-0.2, 0) is 28.5 Å². The molecule has 1 atom stereocenters. The highest BCUT2D eigenvalue weighted by Crippen LogP contribution is 2.19. The number of halogens is 1. The second-order valence-corrected chi connectivity index (χ2v) is 5.08. The van der Waals surface area contributed by atoms with E-state index < -0.39 is 17.9 Å². The number of ether oxygens (including phenoxy) is 4. The van der Waals surface area contributed by atoms with Crippen molar-refractivity contribution in [1.82, 2.24) is 0 Å². The van der Waals surface area contributed by atoms with Gasteiger partial charge in [-0.3, -0.25) is 4.79 Å². The molecule has 1 aromatic carbocycles. The molecule has 6 nitrogen and oxygen atoms in total. The van der Waals surface area contributed by atoms with Gasteiger partial charge in [-0.1, -0.05) is 12.1 Å². The van der Waals surface area contributed by atoms with E-state index in [-0.39, 0.29) is 25.8 Å². The van der Waals surface area contributed by atoms with Crippen molar-refractivity contribution in [3.8, 4) is 0 Å². The van der Waals surface area contributed by atoms with E-state index in [1.807, 2.05) is 0 Å². The smallest absolute Gasteiger partial charge is 0.339 e. The van der Waals surface area contributed by atoms with Gasteiger partial charge in [0.1, 0.15) is 5.82 Å².